The molecule has 0 aliphatic heterocycles. The zero-order valence-electron chi connectivity index (χ0n) is 14.1. The highest BCUT2D eigenvalue weighted by molar-refractivity contribution is 7.91. The topological polar surface area (TPSA) is 72.2 Å². The number of halogens is 1. The van der Waals surface area contributed by atoms with Crippen LogP contribution in [0.2, 0.25) is 5.02 Å². The molecule has 0 amide bonds. The van der Waals surface area contributed by atoms with Gasteiger partial charge in [0.05, 0.1) is 4.90 Å². The summed E-state index contributed by atoms with van der Waals surface area (Å²) in [6.45, 7) is 1.96. The van der Waals surface area contributed by atoms with E-state index >= 15 is 0 Å². The summed E-state index contributed by atoms with van der Waals surface area (Å²) in [4.78, 5) is 4.45. The molecule has 26 heavy (non-hydrogen) atoms. The molecule has 2 aromatic carbocycles. The molecule has 1 saturated carbocycles. The molecule has 0 atom stereocenters. The average molecular weight is 389 g/mol. The molecular weight excluding hydrogens is 372 g/mol. The first-order chi connectivity index (χ1) is 12.4. The Bertz CT molecular complexity index is 1050. The van der Waals surface area contributed by atoms with Crippen LogP contribution in [-0.2, 0) is 9.84 Å². The summed E-state index contributed by atoms with van der Waals surface area (Å²) in [5.74, 6) is 0.475. The minimum atomic E-state index is -3.83. The normalized spacial score (nSPS) is 14.4. The number of hydrogen-bond acceptors (Lipinski definition) is 5. The number of sulfone groups is 1. The van der Waals surface area contributed by atoms with Gasteiger partial charge in [-0.2, -0.15) is 4.98 Å². The predicted molar refractivity (Wildman–Crippen MR) is 100 cm³/mol. The smallest absolute Gasteiger partial charge is 0.234 e. The van der Waals surface area contributed by atoms with Crippen molar-refractivity contribution >= 4 is 27.3 Å². The zero-order valence-corrected chi connectivity index (χ0v) is 15.6. The summed E-state index contributed by atoms with van der Waals surface area (Å²) >= 11 is 5.87. The van der Waals surface area contributed by atoms with Crippen LogP contribution in [0.25, 0.3) is 11.5 Å². The van der Waals surface area contributed by atoms with Gasteiger partial charge in [-0.05, 0) is 56.2 Å². The lowest BCUT2D eigenvalue weighted by atomic mass is 10.1. The molecule has 0 radical (unpaired) electrons. The number of anilines is 1. The van der Waals surface area contributed by atoms with Gasteiger partial charge in [-0.15, -0.1) is 0 Å². The third kappa shape index (κ3) is 3.34. The number of nitrogens with one attached hydrogen (secondary N) is 1. The first-order valence-corrected chi connectivity index (χ1v) is 10.1. The fraction of sp³-hybridized carbons (Fsp3) is 0.211. The Morgan fingerprint density at radius 3 is 2.54 bits per heavy atom. The highest BCUT2D eigenvalue weighted by Gasteiger charge is 2.32. The van der Waals surface area contributed by atoms with E-state index in [1.54, 1.807) is 12.1 Å². The van der Waals surface area contributed by atoms with E-state index in [1.165, 1.54) is 12.1 Å². The van der Waals surface area contributed by atoms with Crippen molar-refractivity contribution in [2.45, 2.75) is 35.7 Å². The lowest BCUT2D eigenvalue weighted by molar-refractivity contribution is 0.576. The molecule has 5 nitrogen and oxygen atoms in total. The van der Waals surface area contributed by atoms with E-state index in [0.717, 1.165) is 24.0 Å². The standard InChI is InChI=1S/C19H17ClN2O3S/c1-12-3-2-4-13(11-12)17-22-19(18(25-17)21-15-7-8-15)26(23,24)16-9-5-14(20)6-10-16/h2-6,9-11,15,21H,7-8H2,1H3. The van der Waals surface area contributed by atoms with Crippen LogP contribution >= 0.6 is 11.6 Å². The third-order valence-electron chi connectivity index (χ3n) is 4.15. The Hall–Kier alpha value is -2.31. The minimum absolute atomic E-state index is 0.0942. The van der Waals surface area contributed by atoms with E-state index in [-0.39, 0.29) is 27.7 Å². The lowest BCUT2D eigenvalue weighted by Gasteiger charge is -2.04. The van der Waals surface area contributed by atoms with E-state index in [1.807, 2.05) is 31.2 Å². The van der Waals surface area contributed by atoms with Crippen molar-refractivity contribution in [3.8, 4) is 11.5 Å². The van der Waals surface area contributed by atoms with Crippen LogP contribution in [0.15, 0.2) is 62.9 Å². The van der Waals surface area contributed by atoms with E-state index in [0.29, 0.717) is 5.02 Å². The van der Waals surface area contributed by atoms with Crippen molar-refractivity contribution < 1.29 is 12.8 Å². The van der Waals surface area contributed by atoms with Gasteiger partial charge in [0.25, 0.3) is 0 Å². The largest absolute Gasteiger partial charge is 0.419 e. The van der Waals surface area contributed by atoms with Crippen LogP contribution in [0.5, 0.6) is 0 Å². The molecule has 0 saturated heterocycles. The molecule has 1 fully saturated rings. The fourth-order valence-corrected chi connectivity index (χ4v) is 4.01. The van der Waals surface area contributed by atoms with Crippen molar-refractivity contribution in [3.05, 3.63) is 59.1 Å². The monoisotopic (exact) mass is 388 g/mol. The van der Waals surface area contributed by atoms with E-state index in [2.05, 4.69) is 10.3 Å². The van der Waals surface area contributed by atoms with Crippen molar-refractivity contribution in [2.75, 3.05) is 5.32 Å². The summed E-state index contributed by atoms with van der Waals surface area (Å²) in [5, 5.41) is 3.52. The molecule has 1 N–H and O–H groups in total. The fourth-order valence-electron chi connectivity index (χ4n) is 2.62. The van der Waals surface area contributed by atoms with Crippen molar-refractivity contribution in [2.24, 2.45) is 0 Å². The lowest BCUT2D eigenvalue weighted by Crippen LogP contribution is -2.08. The van der Waals surface area contributed by atoms with Crippen molar-refractivity contribution in [1.29, 1.82) is 0 Å². The molecule has 0 bridgehead atoms. The van der Waals surface area contributed by atoms with Gasteiger partial charge >= 0.3 is 0 Å². The Labute approximate surface area is 156 Å². The van der Waals surface area contributed by atoms with E-state index in [9.17, 15) is 8.42 Å². The second-order valence-corrected chi connectivity index (χ2v) is 8.70. The number of hydrogen-bond donors (Lipinski definition) is 1. The summed E-state index contributed by atoms with van der Waals surface area (Å²) in [7, 11) is -3.83. The molecular formula is C19H17ClN2O3S. The van der Waals surface area contributed by atoms with Gasteiger partial charge in [0.15, 0.2) is 0 Å². The van der Waals surface area contributed by atoms with Gasteiger partial charge in [-0.3, -0.25) is 0 Å². The Morgan fingerprint density at radius 1 is 1.15 bits per heavy atom. The SMILES string of the molecule is Cc1cccc(-c2nc(S(=O)(=O)c3ccc(Cl)cc3)c(NC3CC3)o2)c1. The number of oxazole rings is 1. The van der Waals surface area contributed by atoms with Crippen LogP contribution in [0, 0.1) is 6.92 Å². The van der Waals surface area contributed by atoms with Gasteiger partial charge in [0.2, 0.25) is 26.6 Å². The maximum atomic E-state index is 13.1. The maximum absolute atomic E-state index is 13.1. The maximum Gasteiger partial charge on any atom is 0.234 e. The van der Waals surface area contributed by atoms with Gasteiger partial charge in [0, 0.05) is 16.6 Å². The second-order valence-electron chi connectivity index (χ2n) is 6.40. The molecule has 1 aliphatic rings. The Kier molecular flexibility index (Phi) is 4.25. The van der Waals surface area contributed by atoms with Crippen molar-refractivity contribution in [1.82, 2.24) is 4.98 Å². The van der Waals surface area contributed by atoms with Crippen molar-refractivity contribution in [3.63, 3.8) is 0 Å². The summed E-state index contributed by atoms with van der Waals surface area (Å²) in [5.41, 5.74) is 1.78. The highest BCUT2D eigenvalue weighted by atomic mass is 35.5. The predicted octanol–water partition coefficient (Wildman–Crippen LogP) is 4.71. The van der Waals surface area contributed by atoms with Crippen LogP contribution in [-0.4, -0.2) is 19.4 Å². The third-order valence-corrected chi connectivity index (χ3v) is 6.08. The van der Waals surface area contributed by atoms with Gasteiger partial charge in [-0.1, -0.05) is 29.3 Å². The Morgan fingerprint density at radius 2 is 1.88 bits per heavy atom. The number of rotatable bonds is 5. The van der Waals surface area contributed by atoms with Crippen LogP contribution in [0.1, 0.15) is 18.4 Å². The Balaban J connectivity index is 1.82. The van der Waals surface area contributed by atoms with E-state index in [4.69, 9.17) is 16.0 Å². The van der Waals surface area contributed by atoms with Gasteiger partial charge in [0.1, 0.15) is 0 Å². The van der Waals surface area contributed by atoms with Crippen LogP contribution in [0.3, 0.4) is 0 Å². The van der Waals surface area contributed by atoms with Crippen LogP contribution in [0.4, 0.5) is 5.88 Å². The molecule has 0 unspecified atom stereocenters. The van der Waals surface area contributed by atoms with E-state index < -0.39 is 9.84 Å². The first-order valence-electron chi connectivity index (χ1n) is 8.28. The molecule has 4 rings (SSSR count). The summed E-state index contributed by atoms with van der Waals surface area (Å²) in [6, 6.07) is 13.9. The minimum Gasteiger partial charge on any atom is -0.419 e. The van der Waals surface area contributed by atoms with Crippen LogP contribution < -0.4 is 5.32 Å². The molecule has 1 aliphatic carbocycles. The number of aromatic nitrogens is 1. The molecule has 3 aromatic rings. The quantitative estimate of drug-likeness (QED) is 0.685. The zero-order chi connectivity index (χ0) is 18.3. The summed E-state index contributed by atoms with van der Waals surface area (Å²) in [6.07, 6.45) is 1.97. The molecule has 0 spiro atoms. The number of aryl methyl sites for hydroxylation is 1. The first kappa shape index (κ1) is 17.1. The second kappa shape index (κ2) is 6.45. The summed E-state index contributed by atoms with van der Waals surface area (Å²) < 4.78 is 32.0. The highest BCUT2D eigenvalue weighted by Crippen LogP contribution is 2.35. The molecule has 1 heterocycles. The molecule has 134 valence electrons. The van der Waals surface area contributed by atoms with Gasteiger partial charge in [-0.25, -0.2) is 8.42 Å². The molecule has 1 aromatic heterocycles. The number of nitrogens with zero attached hydrogens (tertiary/aromatic N) is 1. The average Bonchev–Trinajstić information content (AvgIpc) is 3.31. The number of benzene rings is 2. The molecule has 7 heteroatoms. The van der Waals surface area contributed by atoms with Gasteiger partial charge < -0.3 is 9.73 Å².